The molecule has 1 fully saturated rings. The van der Waals surface area contributed by atoms with E-state index in [1.165, 1.54) is 4.90 Å². The average molecular weight is 345 g/mol. The molecule has 2 heterocycles. The predicted octanol–water partition coefficient (Wildman–Crippen LogP) is 2.54. The van der Waals surface area contributed by atoms with Gasteiger partial charge in [0.05, 0.1) is 11.4 Å². The van der Waals surface area contributed by atoms with Crippen LogP contribution in [0.5, 0.6) is 0 Å². The van der Waals surface area contributed by atoms with Crippen LogP contribution >= 0.6 is 24.6 Å². The lowest BCUT2D eigenvalue weighted by molar-refractivity contribution is 0.358. The van der Waals surface area contributed by atoms with E-state index < -0.39 is 0 Å². The molecule has 0 saturated carbocycles. The first-order chi connectivity index (χ1) is 10.9. The molecule has 5 nitrogen and oxygen atoms in total. The Hall–Kier alpha value is -1.70. The Labute approximate surface area is 145 Å². The molecule has 1 aliphatic rings. The number of anilines is 1. The number of aryl methyl sites for hydroxylation is 1. The zero-order valence-electron chi connectivity index (χ0n) is 12.8. The topological polar surface area (TPSA) is 92.0 Å². The van der Waals surface area contributed by atoms with Gasteiger partial charge in [-0.25, -0.2) is 9.29 Å². The number of nitrogens with zero attached hydrogens (tertiary/aromatic N) is 2. The molecule has 5 N–H and O–H groups in total. The summed E-state index contributed by atoms with van der Waals surface area (Å²) < 4.78 is 2.29. The molecule has 23 heavy (non-hydrogen) atoms. The summed E-state index contributed by atoms with van der Waals surface area (Å²) in [6, 6.07) is 9.89. The van der Waals surface area contributed by atoms with Gasteiger partial charge >= 0.3 is 0 Å². The van der Waals surface area contributed by atoms with Gasteiger partial charge in [0.1, 0.15) is 11.5 Å². The number of aromatic nitrogens is 1. The minimum Gasteiger partial charge on any atom is -0.397 e. The molecule has 120 valence electrons. The van der Waals surface area contributed by atoms with Crippen molar-refractivity contribution >= 4 is 36.1 Å². The first-order valence-corrected chi connectivity index (χ1v) is 8.56. The van der Waals surface area contributed by atoms with E-state index in [0.29, 0.717) is 16.6 Å². The van der Waals surface area contributed by atoms with Gasteiger partial charge in [0.15, 0.2) is 0 Å². The molecule has 7 heteroatoms. The van der Waals surface area contributed by atoms with Gasteiger partial charge in [0.25, 0.3) is 0 Å². The number of rotatable bonds is 4. The quantitative estimate of drug-likeness (QED) is 0.296. The van der Waals surface area contributed by atoms with Gasteiger partial charge in [-0.05, 0) is 48.7 Å². The molecule has 0 amide bonds. The van der Waals surface area contributed by atoms with E-state index in [9.17, 15) is 0 Å². The maximum absolute atomic E-state index is 7.56. The molecule has 0 unspecified atom stereocenters. The van der Waals surface area contributed by atoms with Crippen molar-refractivity contribution in [2.24, 2.45) is 5.73 Å². The van der Waals surface area contributed by atoms with Gasteiger partial charge < -0.3 is 11.5 Å². The van der Waals surface area contributed by atoms with Crippen molar-refractivity contribution in [3.63, 3.8) is 0 Å². The Morgan fingerprint density at radius 3 is 2.70 bits per heavy atom. The number of nitrogens with two attached hydrogens (primary N) is 2. The van der Waals surface area contributed by atoms with E-state index in [1.807, 2.05) is 6.07 Å². The van der Waals surface area contributed by atoms with Crippen LogP contribution < -0.4 is 11.5 Å². The maximum atomic E-state index is 7.56. The maximum Gasteiger partial charge on any atom is 0.143 e. The zero-order valence-corrected chi connectivity index (χ0v) is 14.5. The summed E-state index contributed by atoms with van der Waals surface area (Å²) in [7, 11) is 0. The molecule has 3 rings (SSSR count). The average Bonchev–Trinajstić information content (AvgIpc) is 2.46. The third-order valence-corrected chi connectivity index (χ3v) is 5.07. The number of hydrogen-bond acceptors (Lipinski definition) is 6. The monoisotopic (exact) mass is 345 g/mol. The van der Waals surface area contributed by atoms with Crippen LogP contribution in [0.3, 0.4) is 0 Å². The van der Waals surface area contributed by atoms with Crippen LogP contribution in [0.1, 0.15) is 11.3 Å². The van der Waals surface area contributed by atoms with Gasteiger partial charge in [-0.1, -0.05) is 6.07 Å². The fraction of sp³-hybridized carbons (Fsp3) is 0.250. The Kier molecular flexibility index (Phi) is 4.52. The van der Waals surface area contributed by atoms with Crippen molar-refractivity contribution in [3.8, 4) is 11.3 Å². The number of hydrogen-bond donors (Lipinski definition) is 4. The molecule has 1 aliphatic heterocycles. The number of nitrogen functional groups attached to an aromatic ring is 2. The summed E-state index contributed by atoms with van der Waals surface area (Å²) in [5.41, 5.74) is 15.0. The third-order valence-electron chi connectivity index (χ3n) is 3.72. The Balaban J connectivity index is 1.86. The van der Waals surface area contributed by atoms with Crippen LogP contribution in [0.2, 0.25) is 0 Å². The van der Waals surface area contributed by atoms with Crippen LogP contribution in [0.4, 0.5) is 5.69 Å². The van der Waals surface area contributed by atoms with Gasteiger partial charge in [-0.2, -0.15) is 12.6 Å². The molecular formula is C16H19N5S2. The van der Waals surface area contributed by atoms with Gasteiger partial charge in [0, 0.05) is 28.8 Å². The Bertz CT molecular complexity index is 756. The van der Waals surface area contributed by atoms with Crippen LogP contribution in [0, 0.1) is 12.3 Å². The van der Waals surface area contributed by atoms with Gasteiger partial charge in [0.2, 0.25) is 0 Å². The second kappa shape index (κ2) is 6.43. The Morgan fingerprint density at radius 1 is 1.35 bits per heavy atom. The summed E-state index contributed by atoms with van der Waals surface area (Å²) >= 11 is 6.18. The highest BCUT2D eigenvalue weighted by Gasteiger charge is 2.24. The minimum atomic E-state index is -0.117. The minimum absolute atomic E-state index is 0.117. The Morgan fingerprint density at radius 2 is 2.09 bits per heavy atom. The highest BCUT2D eigenvalue weighted by Crippen LogP contribution is 2.32. The summed E-state index contributed by atoms with van der Waals surface area (Å²) in [5, 5.41) is 8.06. The fourth-order valence-electron chi connectivity index (χ4n) is 2.46. The van der Waals surface area contributed by atoms with Crippen LogP contribution in [0.15, 0.2) is 35.2 Å². The second-order valence-corrected chi connectivity index (χ2v) is 7.52. The van der Waals surface area contributed by atoms with E-state index >= 15 is 0 Å². The van der Waals surface area contributed by atoms with Crippen LogP contribution in [0.25, 0.3) is 11.3 Å². The largest absolute Gasteiger partial charge is 0.397 e. The molecule has 1 aromatic heterocycles. The summed E-state index contributed by atoms with van der Waals surface area (Å²) in [6.07, 6.45) is 0. The van der Waals surface area contributed by atoms with Crippen molar-refractivity contribution in [1.29, 1.82) is 5.41 Å². The third kappa shape index (κ3) is 3.46. The number of benzene rings is 1. The van der Waals surface area contributed by atoms with Crippen LogP contribution in [-0.2, 0) is 0 Å². The van der Waals surface area contributed by atoms with Crippen molar-refractivity contribution in [2.45, 2.75) is 17.1 Å². The molecule has 1 saturated heterocycles. The van der Waals surface area contributed by atoms with E-state index in [2.05, 4.69) is 47.0 Å². The second-order valence-electron chi connectivity index (χ2n) is 5.62. The molecule has 0 bridgehead atoms. The fourth-order valence-corrected chi connectivity index (χ4v) is 4.24. The van der Waals surface area contributed by atoms with E-state index in [-0.39, 0.29) is 5.84 Å². The van der Waals surface area contributed by atoms with Crippen LogP contribution in [-0.4, -0.2) is 33.5 Å². The number of pyridine rings is 1. The molecular weight excluding hydrogens is 326 g/mol. The van der Waals surface area contributed by atoms with E-state index in [4.69, 9.17) is 16.9 Å². The standard InChI is InChI=1S/C16H19N5S2/c1-9-6-11(23-21-7-10(22)8-21)2-3-12(9)14-5-4-13(17)15(20-14)16(18)19/h2-6,10,22H,7-8,17H2,1H3,(H3,18,19). The summed E-state index contributed by atoms with van der Waals surface area (Å²) in [6.45, 7) is 4.08. The van der Waals surface area contributed by atoms with Crippen molar-refractivity contribution in [1.82, 2.24) is 9.29 Å². The number of thiol groups is 1. The molecule has 1 aromatic carbocycles. The van der Waals surface area contributed by atoms with E-state index in [1.54, 1.807) is 18.0 Å². The zero-order chi connectivity index (χ0) is 16.6. The SMILES string of the molecule is Cc1cc(SN2CC(S)C2)ccc1-c1ccc(N)c(C(=N)N)n1. The first-order valence-electron chi connectivity index (χ1n) is 7.27. The predicted molar refractivity (Wildman–Crippen MR) is 100 cm³/mol. The number of amidine groups is 1. The highest BCUT2D eigenvalue weighted by molar-refractivity contribution is 7.97. The number of nitrogens with one attached hydrogen (secondary N) is 1. The first kappa shape index (κ1) is 16.2. The molecule has 0 atom stereocenters. The lowest BCUT2D eigenvalue weighted by Crippen LogP contribution is -2.42. The normalized spacial score (nSPS) is 15.4. The lowest BCUT2D eigenvalue weighted by atomic mass is 10.0. The molecule has 0 radical (unpaired) electrons. The molecule has 2 aromatic rings. The lowest BCUT2D eigenvalue weighted by Gasteiger charge is -2.35. The summed E-state index contributed by atoms with van der Waals surface area (Å²) in [4.78, 5) is 5.63. The molecule has 0 aliphatic carbocycles. The molecule has 0 spiro atoms. The van der Waals surface area contributed by atoms with Crippen molar-refractivity contribution in [3.05, 3.63) is 41.6 Å². The van der Waals surface area contributed by atoms with Crippen molar-refractivity contribution in [2.75, 3.05) is 18.8 Å². The van der Waals surface area contributed by atoms with Gasteiger partial charge in [-0.15, -0.1) is 0 Å². The van der Waals surface area contributed by atoms with E-state index in [0.717, 1.165) is 29.9 Å². The summed E-state index contributed by atoms with van der Waals surface area (Å²) in [5.74, 6) is -0.117. The van der Waals surface area contributed by atoms with Crippen molar-refractivity contribution < 1.29 is 0 Å². The highest BCUT2D eigenvalue weighted by atomic mass is 32.2. The van der Waals surface area contributed by atoms with Gasteiger partial charge in [-0.3, -0.25) is 5.41 Å². The smallest absolute Gasteiger partial charge is 0.143 e.